The van der Waals surface area contributed by atoms with Crippen molar-refractivity contribution >= 4 is 29.3 Å². The van der Waals surface area contributed by atoms with Crippen molar-refractivity contribution in [3.8, 4) is 0 Å². The molecule has 0 bridgehead atoms. The molecular weight excluding hydrogens is 389 g/mol. The number of rotatable bonds is 5. The number of anilines is 2. The molecule has 0 unspecified atom stereocenters. The lowest BCUT2D eigenvalue weighted by Crippen LogP contribution is -2.30. The summed E-state index contributed by atoms with van der Waals surface area (Å²) in [5.41, 5.74) is 1.37. The van der Waals surface area contributed by atoms with E-state index in [4.69, 9.17) is 5.11 Å². The third-order valence-electron chi connectivity index (χ3n) is 4.73. The quantitative estimate of drug-likeness (QED) is 0.608. The smallest absolute Gasteiger partial charge is 0.416 e. The molecule has 0 saturated carbocycles. The standard InChI is InChI=1S/C20H21F3N2O2S/c1-13-5-6-14(19(26)27)11-18(13)28-24-16-12-15(20(21,22)23)7-8-17(16)25-9-3-2-4-10-25/h5-8,11-12,24H,2-4,9-10H2,1H3,(H,26,27). The van der Waals surface area contributed by atoms with E-state index in [1.165, 1.54) is 18.2 Å². The van der Waals surface area contributed by atoms with Gasteiger partial charge in [0.1, 0.15) is 0 Å². The largest absolute Gasteiger partial charge is 0.478 e. The van der Waals surface area contributed by atoms with Crippen LogP contribution in [-0.2, 0) is 6.18 Å². The van der Waals surface area contributed by atoms with E-state index >= 15 is 0 Å². The van der Waals surface area contributed by atoms with E-state index < -0.39 is 17.7 Å². The van der Waals surface area contributed by atoms with Crippen LogP contribution in [0.3, 0.4) is 0 Å². The number of hydrogen-bond donors (Lipinski definition) is 2. The Morgan fingerprint density at radius 3 is 2.46 bits per heavy atom. The van der Waals surface area contributed by atoms with Crippen LogP contribution in [0, 0.1) is 6.92 Å². The second-order valence-corrected chi connectivity index (χ2v) is 7.62. The number of aromatic carboxylic acids is 1. The first-order valence-corrected chi connectivity index (χ1v) is 9.80. The van der Waals surface area contributed by atoms with Crippen LogP contribution in [0.25, 0.3) is 0 Å². The molecule has 2 N–H and O–H groups in total. The molecule has 0 aliphatic carbocycles. The number of nitrogens with zero attached hydrogens (tertiary/aromatic N) is 1. The minimum Gasteiger partial charge on any atom is -0.478 e. The van der Waals surface area contributed by atoms with Crippen molar-refractivity contribution in [2.24, 2.45) is 0 Å². The molecule has 4 nitrogen and oxygen atoms in total. The Hall–Kier alpha value is -2.35. The number of aryl methyl sites for hydroxylation is 1. The Kier molecular flexibility index (Phi) is 6.07. The third kappa shape index (κ3) is 4.73. The lowest BCUT2D eigenvalue weighted by atomic mass is 10.1. The fraction of sp³-hybridized carbons (Fsp3) is 0.350. The summed E-state index contributed by atoms with van der Waals surface area (Å²) in [6.45, 7) is 3.43. The highest BCUT2D eigenvalue weighted by atomic mass is 32.2. The molecule has 1 saturated heterocycles. The SMILES string of the molecule is Cc1ccc(C(=O)O)cc1SNc1cc(C(F)(F)F)ccc1N1CCCCC1. The number of piperidine rings is 1. The van der Waals surface area contributed by atoms with Crippen molar-refractivity contribution in [2.75, 3.05) is 22.7 Å². The molecule has 1 aliphatic rings. The zero-order valence-corrected chi connectivity index (χ0v) is 16.2. The van der Waals surface area contributed by atoms with Crippen LogP contribution in [-0.4, -0.2) is 24.2 Å². The summed E-state index contributed by atoms with van der Waals surface area (Å²) < 4.78 is 42.6. The predicted octanol–water partition coefficient (Wildman–Crippen LogP) is 5.82. The minimum atomic E-state index is -4.43. The predicted molar refractivity (Wildman–Crippen MR) is 105 cm³/mol. The van der Waals surface area contributed by atoms with Gasteiger partial charge in [0.25, 0.3) is 0 Å². The molecule has 1 fully saturated rings. The molecule has 2 aromatic rings. The topological polar surface area (TPSA) is 52.6 Å². The highest BCUT2D eigenvalue weighted by Gasteiger charge is 2.31. The van der Waals surface area contributed by atoms with Crippen LogP contribution >= 0.6 is 11.9 Å². The second-order valence-electron chi connectivity index (χ2n) is 6.77. The van der Waals surface area contributed by atoms with Gasteiger partial charge in [0.05, 0.1) is 22.5 Å². The van der Waals surface area contributed by atoms with Crippen LogP contribution in [0.15, 0.2) is 41.3 Å². The molecule has 3 rings (SSSR count). The van der Waals surface area contributed by atoms with Gasteiger partial charge in [0, 0.05) is 18.0 Å². The molecule has 0 atom stereocenters. The molecule has 150 valence electrons. The van der Waals surface area contributed by atoms with Crippen LogP contribution < -0.4 is 9.62 Å². The summed E-state index contributed by atoms with van der Waals surface area (Å²) in [6.07, 6.45) is -1.29. The van der Waals surface area contributed by atoms with E-state index in [1.54, 1.807) is 6.07 Å². The van der Waals surface area contributed by atoms with Gasteiger partial charge in [-0.15, -0.1) is 0 Å². The fourth-order valence-electron chi connectivity index (χ4n) is 3.16. The first kappa shape index (κ1) is 20.4. The summed E-state index contributed by atoms with van der Waals surface area (Å²) in [5.74, 6) is -1.05. The lowest BCUT2D eigenvalue weighted by molar-refractivity contribution is -0.137. The molecule has 1 aliphatic heterocycles. The first-order valence-electron chi connectivity index (χ1n) is 8.99. The molecule has 2 aromatic carbocycles. The number of nitrogens with one attached hydrogen (secondary N) is 1. The molecule has 8 heteroatoms. The Labute approximate surface area is 165 Å². The van der Waals surface area contributed by atoms with Crippen LogP contribution in [0.1, 0.15) is 40.7 Å². The molecule has 0 radical (unpaired) electrons. The van der Waals surface area contributed by atoms with E-state index in [-0.39, 0.29) is 5.56 Å². The van der Waals surface area contributed by atoms with E-state index in [0.717, 1.165) is 67.7 Å². The summed E-state index contributed by atoms with van der Waals surface area (Å²) >= 11 is 1.12. The lowest BCUT2D eigenvalue weighted by Gasteiger charge is -2.31. The zero-order valence-electron chi connectivity index (χ0n) is 15.3. The molecule has 28 heavy (non-hydrogen) atoms. The number of benzene rings is 2. The van der Waals surface area contributed by atoms with Crippen molar-refractivity contribution in [3.05, 3.63) is 53.1 Å². The summed E-state index contributed by atoms with van der Waals surface area (Å²) in [5, 5.41) is 9.16. The van der Waals surface area contributed by atoms with Crippen LogP contribution in [0.2, 0.25) is 0 Å². The number of carboxylic acids is 1. The first-order chi connectivity index (χ1) is 13.3. The van der Waals surface area contributed by atoms with E-state index in [9.17, 15) is 18.0 Å². The van der Waals surface area contributed by atoms with E-state index in [0.29, 0.717) is 10.6 Å². The van der Waals surface area contributed by atoms with Crippen molar-refractivity contribution < 1.29 is 23.1 Å². The van der Waals surface area contributed by atoms with Crippen molar-refractivity contribution in [1.82, 2.24) is 0 Å². The normalized spacial score (nSPS) is 14.8. The van der Waals surface area contributed by atoms with Gasteiger partial charge in [-0.2, -0.15) is 13.2 Å². The van der Waals surface area contributed by atoms with Gasteiger partial charge in [-0.3, -0.25) is 0 Å². The van der Waals surface area contributed by atoms with E-state index in [1.807, 2.05) is 6.92 Å². The van der Waals surface area contributed by atoms with Crippen LogP contribution in [0.5, 0.6) is 0 Å². The highest BCUT2D eigenvalue weighted by molar-refractivity contribution is 8.00. The number of carbonyl (C=O) groups is 1. The Balaban J connectivity index is 1.90. The number of alkyl halides is 3. The fourth-order valence-corrected chi connectivity index (χ4v) is 3.96. The second kappa shape index (κ2) is 8.34. The minimum absolute atomic E-state index is 0.134. The molecular formula is C20H21F3N2O2S. The summed E-state index contributed by atoms with van der Waals surface area (Å²) in [7, 11) is 0. The number of hydrogen-bond acceptors (Lipinski definition) is 4. The van der Waals surface area contributed by atoms with Crippen molar-refractivity contribution in [2.45, 2.75) is 37.3 Å². The third-order valence-corrected chi connectivity index (χ3v) is 5.71. The van der Waals surface area contributed by atoms with E-state index in [2.05, 4.69) is 9.62 Å². The van der Waals surface area contributed by atoms with Crippen molar-refractivity contribution in [1.29, 1.82) is 0 Å². The van der Waals surface area contributed by atoms with Crippen LogP contribution in [0.4, 0.5) is 24.5 Å². The zero-order chi connectivity index (χ0) is 20.3. The molecule has 0 spiro atoms. The van der Waals surface area contributed by atoms with Crippen molar-refractivity contribution in [3.63, 3.8) is 0 Å². The number of carboxylic acid groups (broad SMARTS) is 1. The summed E-state index contributed by atoms with van der Waals surface area (Å²) in [6, 6.07) is 8.45. The maximum Gasteiger partial charge on any atom is 0.416 e. The highest BCUT2D eigenvalue weighted by Crippen LogP contribution is 2.38. The monoisotopic (exact) mass is 410 g/mol. The van der Waals surface area contributed by atoms with Gasteiger partial charge in [-0.1, -0.05) is 6.07 Å². The van der Waals surface area contributed by atoms with Gasteiger partial charge in [0.2, 0.25) is 0 Å². The Morgan fingerprint density at radius 2 is 1.82 bits per heavy atom. The Bertz CT molecular complexity index is 865. The van der Waals surface area contributed by atoms with Gasteiger partial charge in [-0.05, 0) is 74.0 Å². The van der Waals surface area contributed by atoms with Gasteiger partial charge in [-0.25, -0.2) is 4.79 Å². The maximum absolute atomic E-state index is 13.2. The molecule has 0 amide bonds. The molecule has 1 heterocycles. The average Bonchev–Trinajstić information content (AvgIpc) is 2.67. The summed E-state index contributed by atoms with van der Waals surface area (Å²) in [4.78, 5) is 13.9. The van der Waals surface area contributed by atoms with Gasteiger partial charge in [0.15, 0.2) is 0 Å². The maximum atomic E-state index is 13.2. The molecule has 0 aromatic heterocycles. The van der Waals surface area contributed by atoms with Gasteiger partial charge < -0.3 is 14.7 Å². The van der Waals surface area contributed by atoms with Gasteiger partial charge >= 0.3 is 12.1 Å². The average molecular weight is 410 g/mol. The number of halogens is 3. The Morgan fingerprint density at radius 1 is 1.11 bits per heavy atom.